The largest absolute Gasteiger partial charge is 0.391 e. The molecule has 2 heterocycles. The average molecular weight is 307 g/mol. The van der Waals surface area contributed by atoms with Crippen molar-refractivity contribution >= 4 is 16.5 Å². The molecule has 0 amide bonds. The summed E-state index contributed by atoms with van der Waals surface area (Å²) in [6.45, 7) is 3.60. The molecule has 1 aromatic heterocycles. The number of aliphatic hydroxyl groups is 1. The summed E-state index contributed by atoms with van der Waals surface area (Å²) >= 11 is 1.54. The van der Waals surface area contributed by atoms with Gasteiger partial charge in [0.2, 0.25) is 5.13 Å². The molecule has 112 valence electrons. The number of halogens is 1. The van der Waals surface area contributed by atoms with Crippen LogP contribution in [0.15, 0.2) is 24.3 Å². The van der Waals surface area contributed by atoms with Crippen molar-refractivity contribution in [3.05, 3.63) is 40.7 Å². The summed E-state index contributed by atoms with van der Waals surface area (Å²) in [7, 11) is 0. The third kappa shape index (κ3) is 3.39. The molecule has 1 fully saturated rings. The van der Waals surface area contributed by atoms with Crippen LogP contribution in [0.4, 0.5) is 9.52 Å². The monoisotopic (exact) mass is 307 g/mol. The fourth-order valence-electron chi connectivity index (χ4n) is 2.44. The molecule has 4 nitrogen and oxygen atoms in total. The minimum Gasteiger partial charge on any atom is -0.391 e. The number of nitrogens with zero attached hydrogens (tertiary/aromatic N) is 3. The maximum absolute atomic E-state index is 12.9. The van der Waals surface area contributed by atoms with Crippen molar-refractivity contribution in [2.75, 3.05) is 18.0 Å². The maximum Gasteiger partial charge on any atom is 0.208 e. The highest BCUT2D eigenvalue weighted by Gasteiger charge is 2.26. The molecule has 1 aliphatic rings. The van der Waals surface area contributed by atoms with Crippen molar-refractivity contribution in [1.29, 1.82) is 0 Å². The Hall–Kier alpha value is -1.53. The molecular formula is C15H18FN3OS. The van der Waals surface area contributed by atoms with Gasteiger partial charge in [0.1, 0.15) is 10.8 Å². The first kappa shape index (κ1) is 14.4. The Labute approximate surface area is 127 Å². The molecule has 0 radical (unpaired) electrons. The van der Waals surface area contributed by atoms with Gasteiger partial charge < -0.3 is 10.0 Å². The highest BCUT2D eigenvalue weighted by molar-refractivity contribution is 7.15. The quantitative estimate of drug-likeness (QED) is 0.946. The molecule has 0 aliphatic carbocycles. The number of benzene rings is 1. The lowest BCUT2D eigenvalue weighted by atomic mass is 9.96. The van der Waals surface area contributed by atoms with Gasteiger partial charge in [-0.1, -0.05) is 30.4 Å². The first-order valence-electron chi connectivity index (χ1n) is 7.11. The predicted molar refractivity (Wildman–Crippen MR) is 81.1 cm³/mol. The Kier molecular flexibility index (Phi) is 4.17. The van der Waals surface area contributed by atoms with Crippen LogP contribution in [0.3, 0.4) is 0 Å². The number of hydrogen-bond acceptors (Lipinski definition) is 5. The van der Waals surface area contributed by atoms with E-state index in [-0.39, 0.29) is 11.9 Å². The van der Waals surface area contributed by atoms with E-state index in [2.05, 4.69) is 22.0 Å². The number of hydrogen-bond donors (Lipinski definition) is 1. The van der Waals surface area contributed by atoms with Gasteiger partial charge in [-0.15, -0.1) is 10.2 Å². The van der Waals surface area contributed by atoms with Crippen molar-refractivity contribution in [2.24, 2.45) is 5.92 Å². The van der Waals surface area contributed by atoms with Crippen LogP contribution in [0.1, 0.15) is 23.9 Å². The van der Waals surface area contributed by atoms with Crippen LogP contribution in [0.25, 0.3) is 0 Å². The minimum atomic E-state index is -0.303. The van der Waals surface area contributed by atoms with Crippen LogP contribution >= 0.6 is 11.3 Å². The third-order valence-corrected chi connectivity index (χ3v) is 4.90. The van der Waals surface area contributed by atoms with Crippen LogP contribution in [0.2, 0.25) is 0 Å². The van der Waals surface area contributed by atoms with Crippen molar-refractivity contribution in [1.82, 2.24) is 10.2 Å². The van der Waals surface area contributed by atoms with Gasteiger partial charge >= 0.3 is 0 Å². The summed E-state index contributed by atoms with van der Waals surface area (Å²) in [5.41, 5.74) is 1.02. The Morgan fingerprint density at radius 2 is 2.10 bits per heavy atom. The number of β-amino-alcohol motifs (C(OH)–C–C–N with tert-alkyl or cyclic N) is 1. The molecule has 21 heavy (non-hydrogen) atoms. The second-order valence-electron chi connectivity index (χ2n) is 5.56. The Morgan fingerprint density at radius 3 is 2.81 bits per heavy atom. The van der Waals surface area contributed by atoms with Gasteiger partial charge in [0.25, 0.3) is 0 Å². The Bertz CT molecular complexity index is 601. The van der Waals surface area contributed by atoms with Gasteiger partial charge in [-0.2, -0.15) is 0 Å². The molecule has 0 saturated carbocycles. The van der Waals surface area contributed by atoms with E-state index in [4.69, 9.17) is 0 Å². The zero-order valence-electron chi connectivity index (χ0n) is 11.9. The van der Waals surface area contributed by atoms with E-state index in [1.54, 1.807) is 23.5 Å². The number of piperidine rings is 1. The zero-order chi connectivity index (χ0) is 14.8. The lowest BCUT2D eigenvalue weighted by Crippen LogP contribution is -2.42. The van der Waals surface area contributed by atoms with E-state index < -0.39 is 0 Å². The van der Waals surface area contributed by atoms with Gasteiger partial charge in [-0.25, -0.2) is 4.39 Å². The topological polar surface area (TPSA) is 49.2 Å². The summed E-state index contributed by atoms with van der Waals surface area (Å²) < 4.78 is 12.9. The fourth-order valence-corrected chi connectivity index (χ4v) is 3.35. The van der Waals surface area contributed by atoms with Crippen LogP contribution < -0.4 is 4.90 Å². The molecular weight excluding hydrogens is 289 g/mol. The fraction of sp³-hybridized carbons (Fsp3) is 0.467. The summed E-state index contributed by atoms with van der Waals surface area (Å²) in [5, 5.41) is 20.2. The van der Waals surface area contributed by atoms with Crippen LogP contribution in [-0.4, -0.2) is 34.5 Å². The molecule has 1 aromatic carbocycles. The SMILES string of the molecule is C[C@@H]1CCN(c2nnc(Cc3ccc(F)cc3)s2)C[C@H]1O. The molecule has 6 heteroatoms. The van der Waals surface area contributed by atoms with Gasteiger partial charge in [-0.3, -0.25) is 0 Å². The van der Waals surface area contributed by atoms with Gasteiger partial charge in [0.15, 0.2) is 0 Å². The van der Waals surface area contributed by atoms with Crippen LogP contribution in [0, 0.1) is 11.7 Å². The van der Waals surface area contributed by atoms with E-state index in [0.29, 0.717) is 18.9 Å². The van der Waals surface area contributed by atoms with Gasteiger partial charge in [-0.05, 0) is 30.0 Å². The Balaban J connectivity index is 1.67. The molecule has 1 aliphatic heterocycles. The summed E-state index contributed by atoms with van der Waals surface area (Å²) in [6.07, 6.45) is 1.32. The zero-order valence-corrected chi connectivity index (χ0v) is 12.7. The molecule has 2 aromatic rings. The smallest absolute Gasteiger partial charge is 0.208 e. The third-order valence-electron chi connectivity index (χ3n) is 3.91. The van der Waals surface area contributed by atoms with E-state index >= 15 is 0 Å². The molecule has 0 bridgehead atoms. The minimum absolute atomic E-state index is 0.229. The van der Waals surface area contributed by atoms with Gasteiger partial charge in [0.05, 0.1) is 6.10 Å². The predicted octanol–water partition coefficient (Wildman–Crippen LogP) is 2.48. The van der Waals surface area contributed by atoms with E-state index in [0.717, 1.165) is 28.7 Å². The molecule has 0 unspecified atom stereocenters. The standard InChI is InChI=1S/C15H18FN3OS/c1-10-6-7-19(9-13(10)20)15-18-17-14(21-15)8-11-2-4-12(16)5-3-11/h2-5,10,13,20H,6-9H2,1H3/t10-,13-/m1/s1. The first-order valence-corrected chi connectivity index (χ1v) is 7.93. The summed E-state index contributed by atoms with van der Waals surface area (Å²) in [5.74, 6) is 0.112. The summed E-state index contributed by atoms with van der Waals surface area (Å²) in [4.78, 5) is 2.09. The molecule has 0 spiro atoms. The van der Waals surface area contributed by atoms with Crippen molar-refractivity contribution < 1.29 is 9.50 Å². The second kappa shape index (κ2) is 6.07. The number of aliphatic hydroxyl groups excluding tert-OH is 1. The van der Waals surface area contributed by atoms with E-state index in [1.165, 1.54) is 12.1 Å². The lowest BCUT2D eigenvalue weighted by molar-refractivity contribution is 0.103. The number of rotatable bonds is 3. The summed E-state index contributed by atoms with van der Waals surface area (Å²) in [6, 6.07) is 6.45. The maximum atomic E-state index is 12.9. The van der Waals surface area contributed by atoms with Crippen LogP contribution in [-0.2, 0) is 6.42 Å². The van der Waals surface area contributed by atoms with Crippen LogP contribution in [0.5, 0.6) is 0 Å². The first-order chi connectivity index (χ1) is 10.1. The normalized spacial score (nSPS) is 22.5. The average Bonchev–Trinajstić information content (AvgIpc) is 2.93. The molecule has 1 N–H and O–H groups in total. The van der Waals surface area contributed by atoms with E-state index in [9.17, 15) is 9.50 Å². The number of anilines is 1. The van der Waals surface area contributed by atoms with Crippen molar-refractivity contribution in [3.8, 4) is 0 Å². The number of aromatic nitrogens is 2. The van der Waals surface area contributed by atoms with E-state index in [1.807, 2.05) is 0 Å². The second-order valence-corrected chi connectivity index (χ2v) is 6.60. The highest BCUT2D eigenvalue weighted by atomic mass is 32.1. The van der Waals surface area contributed by atoms with Crippen molar-refractivity contribution in [3.63, 3.8) is 0 Å². The lowest BCUT2D eigenvalue weighted by Gasteiger charge is -2.33. The molecule has 1 saturated heterocycles. The highest BCUT2D eigenvalue weighted by Crippen LogP contribution is 2.27. The van der Waals surface area contributed by atoms with Crippen molar-refractivity contribution in [2.45, 2.75) is 25.9 Å². The molecule has 3 rings (SSSR count). The Morgan fingerprint density at radius 1 is 1.33 bits per heavy atom. The molecule has 2 atom stereocenters. The van der Waals surface area contributed by atoms with Gasteiger partial charge in [0, 0.05) is 19.5 Å².